The van der Waals surface area contributed by atoms with Crippen molar-refractivity contribution in [3.63, 3.8) is 0 Å². The van der Waals surface area contributed by atoms with Crippen LogP contribution in [0.1, 0.15) is 77.7 Å². The van der Waals surface area contributed by atoms with Gasteiger partial charge in [-0.2, -0.15) is 0 Å². The third-order valence-electron chi connectivity index (χ3n) is 9.57. The molecule has 1 aromatic carbocycles. The fraction of sp³-hybridized carbons (Fsp3) is 0.704. The molecule has 3 heterocycles. The minimum atomic E-state index is 0.686. The summed E-state index contributed by atoms with van der Waals surface area (Å²) < 4.78 is 2.63. The number of hydrogen-bond donors (Lipinski definition) is 0. The molecule has 0 spiro atoms. The van der Waals surface area contributed by atoms with E-state index in [-0.39, 0.29) is 0 Å². The normalized spacial score (nSPS) is 42.8. The molecule has 29 heavy (non-hydrogen) atoms. The molecule has 2 heteroatoms. The molecule has 4 fully saturated rings. The maximum atomic E-state index is 3.10. The topological polar surface area (TPSA) is 8.17 Å². The molecule has 2 aliphatic carbocycles. The van der Waals surface area contributed by atoms with Crippen LogP contribution < -0.4 is 0 Å². The zero-order chi connectivity index (χ0) is 19.5. The largest absolute Gasteiger partial charge is 0.344 e. The molecule has 0 amide bonds. The molecule has 4 aliphatic rings. The van der Waals surface area contributed by atoms with Crippen LogP contribution in [0, 0.1) is 23.7 Å². The van der Waals surface area contributed by atoms with Gasteiger partial charge in [0, 0.05) is 35.9 Å². The van der Waals surface area contributed by atoms with Gasteiger partial charge in [-0.05, 0) is 86.1 Å². The molecule has 2 nitrogen and oxygen atoms in total. The Labute approximate surface area is 176 Å². The van der Waals surface area contributed by atoms with E-state index < -0.39 is 0 Å². The Morgan fingerprint density at radius 1 is 0.724 bits per heavy atom. The number of nitrogens with zero attached hydrogens (tertiary/aromatic N) is 2. The number of para-hydroxylation sites is 1. The summed E-state index contributed by atoms with van der Waals surface area (Å²) in [6, 6.07) is 14.5. The van der Waals surface area contributed by atoms with E-state index in [4.69, 9.17) is 0 Å². The van der Waals surface area contributed by atoms with Crippen LogP contribution in [-0.2, 0) is 0 Å². The number of aromatic nitrogens is 1. The summed E-state index contributed by atoms with van der Waals surface area (Å²) in [6.45, 7) is 5.09. The number of fused-ring (bicyclic) bond motifs is 5. The van der Waals surface area contributed by atoms with Gasteiger partial charge in [-0.15, -0.1) is 0 Å². The van der Waals surface area contributed by atoms with E-state index in [1.54, 1.807) is 0 Å². The molecule has 2 saturated heterocycles. The average Bonchev–Trinajstić information content (AvgIpc) is 3.17. The Bertz CT molecular complexity index is 868. The highest BCUT2D eigenvalue weighted by atomic mass is 15.3. The molecule has 0 N–H and O–H groups in total. The van der Waals surface area contributed by atoms with Crippen LogP contribution in [0.2, 0.25) is 0 Å². The van der Waals surface area contributed by atoms with Crippen molar-refractivity contribution in [2.24, 2.45) is 23.7 Å². The Morgan fingerprint density at radius 3 is 2.52 bits per heavy atom. The zero-order valence-electron chi connectivity index (χ0n) is 18.3. The van der Waals surface area contributed by atoms with Crippen LogP contribution in [0.15, 0.2) is 36.5 Å². The Kier molecular flexibility index (Phi) is 4.56. The molecule has 156 valence electrons. The predicted octanol–water partition coefficient (Wildman–Crippen LogP) is 6.66. The van der Waals surface area contributed by atoms with Crippen molar-refractivity contribution in [2.75, 3.05) is 0 Å². The average molecular weight is 391 g/mol. The van der Waals surface area contributed by atoms with Gasteiger partial charge in [0.1, 0.15) is 0 Å². The van der Waals surface area contributed by atoms with E-state index in [0.717, 1.165) is 41.8 Å². The number of rotatable bonds is 2. The summed E-state index contributed by atoms with van der Waals surface area (Å²) in [5.74, 6) is 3.86. The summed E-state index contributed by atoms with van der Waals surface area (Å²) in [5.41, 5.74) is 1.44. The van der Waals surface area contributed by atoms with Crippen molar-refractivity contribution in [2.45, 2.75) is 95.8 Å². The summed E-state index contributed by atoms with van der Waals surface area (Å²) in [6.07, 6.45) is 15.5. The van der Waals surface area contributed by atoms with Crippen LogP contribution in [0.5, 0.6) is 0 Å². The fourth-order valence-corrected chi connectivity index (χ4v) is 7.99. The van der Waals surface area contributed by atoms with Crippen LogP contribution in [0.25, 0.3) is 10.9 Å². The first kappa shape index (κ1) is 18.5. The van der Waals surface area contributed by atoms with Gasteiger partial charge in [-0.25, -0.2) is 0 Å². The second kappa shape index (κ2) is 7.15. The monoisotopic (exact) mass is 390 g/mol. The van der Waals surface area contributed by atoms with E-state index >= 15 is 0 Å². The number of benzene rings is 1. The molecule has 8 atom stereocenters. The minimum Gasteiger partial charge on any atom is -0.344 e. The highest BCUT2D eigenvalue weighted by Gasteiger charge is 2.47. The first-order chi connectivity index (χ1) is 14.2. The summed E-state index contributed by atoms with van der Waals surface area (Å²) >= 11 is 0. The first-order valence-electron chi connectivity index (χ1n) is 12.5. The standard InChI is InChI=1S/C27H38N2/c1-18-7-9-20-13-22(18)15-25(14-20)29-23-10-8-19(2)27(29)17-24(16-23)28-12-11-21-5-3-4-6-26(21)28/h3-6,11-12,18-20,22-25,27H,7-10,13-17H2,1-2H3/t18-,19-,20-,22+,23+,24-,25+,27+/m0/s1. The molecule has 6 rings (SSSR count). The molecule has 2 aromatic rings. The molecule has 0 unspecified atom stereocenters. The molecule has 2 aliphatic heterocycles. The molecule has 2 saturated carbocycles. The zero-order valence-corrected chi connectivity index (χ0v) is 18.3. The SMILES string of the molecule is C[C@H]1CC[C@H]2C[C@@H]1C[C@H](N1[C@@H]3CC[C@H](C)[C@H]1C[C@@H](n1ccc4ccccc41)C3)C2. The lowest BCUT2D eigenvalue weighted by Crippen LogP contribution is -2.60. The highest BCUT2D eigenvalue weighted by molar-refractivity contribution is 5.80. The van der Waals surface area contributed by atoms with Crippen molar-refractivity contribution in [3.05, 3.63) is 36.5 Å². The summed E-state index contributed by atoms with van der Waals surface area (Å²) in [5, 5.41) is 1.40. The van der Waals surface area contributed by atoms with Crippen LogP contribution in [-0.4, -0.2) is 27.6 Å². The van der Waals surface area contributed by atoms with Gasteiger partial charge in [-0.3, -0.25) is 4.90 Å². The highest BCUT2D eigenvalue weighted by Crippen LogP contribution is 2.50. The van der Waals surface area contributed by atoms with E-state index in [0.29, 0.717) is 6.04 Å². The first-order valence-corrected chi connectivity index (χ1v) is 12.5. The number of piperidine rings is 2. The van der Waals surface area contributed by atoms with Gasteiger partial charge < -0.3 is 4.57 Å². The Morgan fingerprint density at radius 2 is 1.59 bits per heavy atom. The lowest BCUT2D eigenvalue weighted by molar-refractivity contribution is -0.0740. The molecular weight excluding hydrogens is 352 g/mol. The molecular formula is C27H38N2. The van der Waals surface area contributed by atoms with Crippen LogP contribution in [0.4, 0.5) is 0 Å². The van der Waals surface area contributed by atoms with Gasteiger partial charge in [0.25, 0.3) is 0 Å². The lowest BCUT2D eigenvalue weighted by Gasteiger charge is -2.57. The van der Waals surface area contributed by atoms with E-state index in [9.17, 15) is 0 Å². The van der Waals surface area contributed by atoms with Gasteiger partial charge >= 0.3 is 0 Å². The summed E-state index contributed by atoms with van der Waals surface area (Å²) in [7, 11) is 0. The van der Waals surface area contributed by atoms with Crippen molar-refractivity contribution >= 4 is 10.9 Å². The quantitative estimate of drug-likeness (QED) is 0.556. The second-order valence-corrected chi connectivity index (χ2v) is 11.2. The maximum absolute atomic E-state index is 3.10. The van der Waals surface area contributed by atoms with E-state index in [1.807, 2.05) is 0 Å². The maximum Gasteiger partial charge on any atom is 0.0482 e. The molecule has 0 radical (unpaired) electrons. The Hall–Kier alpha value is -1.28. The lowest BCUT2D eigenvalue weighted by atomic mass is 9.64. The van der Waals surface area contributed by atoms with Crippen molar-refractivity contribution in [3.8, 4) is 0 Å². The fourth-order valence-electron chi connectivity index (χ4n) is 7.99. The van der Waals surface area contributed by atoms with E-state index in [1.165, 1.54) is 68.7 Å². The van der Waals surface area contributed by atoms with Crippen molar-refractivity contribution in [1.29, 1.82) is 0 Å². The second-order valence-electron chi connectivity index (χ2n) is 11.2. The van der Waals surface area contributed by atoms with Gasteiger partial charge in [0.05, 0.1) is 0 Å². The summed E-state index contributed by atoms with van der Waals surface area (Å²) in [4.78, 5) is 3.10. The number of hydrogen-bond acceptors (Lipinski definition) is 1. The van der Waals surface area contributed by atoms with Crippen molar-refractivity contribution in [1.82, 2.24) is 9.47 Å². The van der Waals surface area contributed by atoms with Gasteiger partial charge in [0.2, 0.25) is 0 Å². The van der Waals surface area contributed by atoms with Crippen LogP contribution >= 0.6 is 0 Å². The van der Waals surface area contributed by atoms with E-state index in [2.05, 4.69) is 59.8 Å². The smallest absolute Gasteiger partial charge is 0.0482 e. The van der Waals surface area contributed by atoms with Gasteiger partial charge in [-0.1, -0.05) is 44.9 Å². The van der Waals surface area contributed by atoms with Crippen LogP contribution in [0.3, 0.4) is 0 Å². The Balaban J connectivity index is 1.28. The minimum absolute atomic E-state index is 0.686. The predicted molar refractivity (Wildman–Crippen MR) is 121 cm³/mol. The van der Waals surface area contributed by atoms with Gasteiger partial charge in [0.15, 0.2) is 0 Å². The molecule has 4 bridgehead atoms. The molecule has 1 aromatic heterocycles. The third kappa shape index (κ3) is 3.09. The third-order valence-corrected chi connectivity index (χ3v) is 9.57. The van der Waals surface area contributed by atoms with Crippen molar-refractivity contribution < 1.29 is 0 Å².